The van der Waals surface area contributed by atoms with Gasteiger partial charge < -0.3 is 14.7 Å². The van der Waals surface area contributed by atoms with Crippen LogP contribution in [-0.4, -0.2) is 47.7 Å². The number of carboxylic acids is 1. The molecular weight excluding hydrogens is 246 g/mol. The molecule has 4 atom stereocenters. The summed E-state index contributed by atoms with van der Waals surface area (Å²) in [6, 6.07) is -0.185. The van der Waals surface area contributed by atoms with Crippen LogP contribution in [0.5, 0.6) is 0 Å². The van der Waals surface area contributed by atoms with Gasteiger partial charge in [0.25, 0.3) is 0 Å². The van der Waals surface area contributed by atoms with E-state index in [1.807, 2.05) is 0 Å². The van der Waals surface area contributed by atoms with Crippen LogP contribution in [0.3, 0.4) is 0 Å². The van der Waals surface area contributed by atoms with Crippen molar-refractivity contribution in [2.45, 2.75) is 44.2 Å². The van der Waals surface area contributed by atoms with Crippen LogP contribution in [-0.2, 0) is 14.3 Å². The first-order chi connectivity index (χ1) is 9.10. The molecule has 2 aliphatic carbocycles. The van der Waals surface area contributed by atoms with Gasteiger partial charge in [-0.25, -0.2) is 0 Å². The lowest BCUT2D eigenvalue weighted by molar-refractivity contribution is -0.140. The minimum absolute atomic E-state index is 0.00794. The summed E-state index contributed by atoms with van der Waals surface area (Å²) < 4.78 is 5.30. The summed E-state index contributed by atoms with van der Waals surface area (Å²) in [7, 11) is 1.63. The molecule has 19 heavy (non-hydrogen) atoms. The maximum atomic E-state index is 12.5. The third-order valence-electron chi connectivity index (χ3n) is 4.79. The van der Waals surface area contributed by atoms with Crippen LogP contribution in [0.4, 0.5) is 0 Å². The molecule has 0 aromatic rings. The van der Waals surface area contributed by atoms with Gasteiger partial charge in [0.15, 0.2) is 0 Å². The number of nitrogens with zero attached hydrogens (tertiary/aromatic N) is 1. The Morgan fingerprint density at radius 2 is 2.05 bits per heavy atom. The van der Waals surface area contributed by atoms with E-state index >= 15 is 0 Å². The maximum Gasteiger partial charge on any atom is 0.305 e. The Kier molecular flexibility index (Phi) is 3.25. The van der Waals surface area contributed by atoms with Crippen molar-refractivity contribution in [3.05, 3.63) is 0 Å². The molecule has 2 saturated carbocycles. The smallest absolute Gasteiger partial charge is 0.305 e. The van der Waals surface area contributed by atoms with Gasteiger partial charge in [-0.05, 0) is 37.5 Å². The Hall–Kier alpha value is -1.10. The second kappa shape index (κ2) is 4.78. The average molecular weight is 267 g/mol. The normalized spacial score (nSPS) is 37.4. The number of hydrogen-bond donors (Lipinski definition) is 1. The van der Waals surface area contributed by atoms with E-state index in [0.29, 0.717) is 18.9 Å². The van der Waals surface area contributed by atoms with Crippen molar-refractivity contribution in [1.29, 1.82) is 0 Å². The fraction of sp³-hybridized carbons (Fsp3) is 0.857. The number of methoxy groups -OCH3 is 1. The van der Waals surface area contributed by atoms with Crippen molar-refractivity contribution < 1.29 is 19.4 Å². The van der Waals surface area contributed by atoms with Crippen LogP contribution in [0.1, 0.15) is 32.1 Å². The van der Waals surface area contributed by atoms with E-state index in [9.17, 15) is 9.59 Å². The molecule has 3 fully saturated rings. The molecule has 1 heterocycles. The highest BCUT2D eigenvalue weighted by atomic mass is 16.5. The van der Waals surface area contributed by atoms with Crippen LogP contribution < -0.4 is 0 Å². The zero-order valence-corrected chi connectivity index (χ0v) is 11.2. The first-order valence-electron chi connectivity index (χ1n) is 7.15. The number of amides is 1. The molecular formula is C14H21NO4. The van der Waals surface area contributed by atoms with Gasteiger partial charge >= 0.3 is 5.97 Å². The summed E-state index contributed by atoms with van der Waals surface area (Å²) in [5, 5.41) is 8.96. The van der Waals surface area contributed by atoms with E-state index in [-0.39, 0.29) is 30.4 Å². The second-order valence-corrected chi connectivity index (χ2v) is 6.18. The van der Waals surface area contributed by atoms with Crippen LogP contribution in [0, 0.1) is 17.8 Å². The van der Waals surface area contributed by atoms with Gasteiger partial charge in [-0.3, -0.25) is 9.59 Å². The Labute approximate surface area is 112 Å². The molecule has 5 nitrogen and oxygen atoms in total. The lowest BCUT2D eigenvalue weighted by Crippen LogP contribution is -2.38. The molecule has 1 N–H and O–H groups in total. The van der Waals surface area contributed by atoms with Crippen molar-refractivity contribution in [3.8, 4) is 0 Å². The molecule has 3 rings (SSSR count). The molecule has 1 aliphatic heterocycles. The van der Waals surface area contributed by atoms with Crippen molar-refractivity contribution in [2.75, 3.05) is 13.7 Å². The molecule has 3 aliphatic rings. The number of likely N-dealkylation sites (tertiary alicyclic amines) is 1. The van der Waals surface area contributed by atoms with Gasteiger partial charge in [-0.1, -0.05) is 0 Å². The van der Waals surface area contributed by atoms with Crippen LogP contribution in [0.25, 0.3) is 0 Å². The standard InChI is InChI=1S/C14H21NO4/c1-19-10-4-9(5-13(16)17)15(7-10)14(18)12-6-11(12)8-2-3-8/h8-12H,2-7H2,1H3,(H,16,17). The van der Waals surface area contributed by atoms with E-state index < -0.39 is 5.97 Å². The number of carbonyl (C=O) groups is 2. The Balaban J connectivity index is 1.63. The zero-order valence-electron chi connectivity index (χ0n) is 11.2. The van der Waals surface area contributed by atoms with Crippen molar-refractivity contribution >= 4 is 11.9 Å². The Morgan fingerprint density at radius 1 is 1.32 bits per heavy atom. The third kappa shape index (κ3) is 2.61. The minimum Gasteiger partial charge on any atom is -0.481 e. The quantitative estimate of drug-likeness (QED) is 0.810. The zero-order chi connectivity index (χ0) is 13.6. The molecule has 4 unspecified atom stereocenters. The van der Waals surface area contributed by atoms with E-state index in [4.69, 9.17) is 9.84 Å². The average Bonchev–Trinajstić information content (AvgIpc) is 3.22. The Morgan fingerprint density at radius 3 is 2.63 bits per heavy atom. The van der Waals surface area contributed by atoms with Crippen molar-refractivity contribution in [1.82, 2.24) is 4.90 Å². The van der Waals surface area contributed by atoms with Crippen molar-refractivity contribution in [3.63, 3.8) is 0 Å². The van der Waals surface area contributed by atoms with Gasteiger partial charge in [0.2, 0.25) is 5.91 Å². The molecule has 1 saturated heterocycles. The minimum atomic E-state index is -0.839. The topological polar surface area (TPSA) is 66.8 Å². The summed E-state index contributed by atoms with van der Waals surface area (Å²) in [6.07, 6.45) is 4.23. The number of rotatable bonds is 5. The van der Waals surface area contributed by atoms with Gasteiger partial charge in [0, 0.05) is 25.6 Å². The van der Waals surface area contributed by atoms with Crippen LogP contribution >= 0.6 is 0 Å². The Bertz CT molecular complexity index is 393. The molecule has 106 valence electrons. The fourth-order valence-electron chi connectivity index (χ4n) is 3.47. The highest BCUT2D eigenvalue weighted by Crippen LogP contribution is 2.55. The molecule has 0 aromatic carbocycles. The van der Waals surface area contributed by atoms with Gasteiger partial charge in [-0.15, -0.1) is 0 Å². The highest BCUT2D eigenvalue weighted by molar-refractivity contribution is 5.83. The van der Waals surface area contributed by atoms with E-state index in [2.05, 4.69) is 0 Å². The van der Waals surface area contributed by atoms with E-state index in [0.717, 1.165) is 12.3 Å². The largest absolute Gasteiger partial charge is 0.481 e. The maximum absolute atomic E-state index is 12.5. The van der Waals surface area contributed by atoms with Gasteiger partial charge in [0.1, 0.15) is 0 Å². The first-order valence-corrected chi connectivity index (χ1v) is 7.15. The van der Waals surface area contributed by atoms with Crippen molar-refractivity contribution in [2.24, 2.45) is 17.8 Å². The molecule has 0 radical (unpaired) electrons. The summed E-state index contributed by atoms with van der Waals surface area (Å²) in [4.78, 5) is 25.2. The van der Waals surface area contributed by atoms with Crippen LogP contribution in [0.2, 0.25) is 0 Å². The fourth-order valence-corrected chi connectivity index (χ4v) is 3.47. The summed E-state index contributed by atoms with van der Waals surface area (Å²) in [6.45, 7) is 0.557. The second-order valence-electron chi connectivity index (χ2n) is 6.18. The van der Waals surface area contributed by atoms with E-state index in [1.54, 1.807) is 12.0 Å². The van der Waals surface area contributed by atoms with Gasteiger partial charge in [-0.2, -0.15) is 0 Å². The molecule has 0 spiro atoms. The molecule has 1 amide bonds. The van der Waals surface area contributed by atoms with Crippen LogP contribution in [0.15, 0.2) is 0 Å². The van der Waals surface area contributed by atoms with Gasteiger partial charge in [0.05, 0.1) is 12.5 Å². The number of carbonyl (C=O) groups excluding carboxylic acids is 1. The first kappa shape index (κ1) is 12.9. The summed E-state index contributed by atoms with van der Waals surface area (Å²) >= 11 is 0. The number of aliphatic carboxylic acids is 1. The molecule has 0 bridgehead atoms. The number of carboxylic acid groups (broad SMARTS) is 1. The molecule has 5 heteroatoms. The number of ether oxygens (including phenoxy) is 1. The van der Waals surface area contributed by atoms with E-state index in [1.165, 1.54) is 12.8 Å². The lowest BCUT2D eigenvalue weighted by atomic mass is 10.1. The molecule has 0 aromatic heterocycles. The predicted molar refractivity (Wildman–Crippen MR) is 67.5 cm³/mol. The monoisotopic (exact) mass is 267 g/mol. The SMILES string of the molecule is COC1CC(CC(=O)O)N(C(=O)C2CC2C2CC2)C1. The predicted octanol–water partition coefficient (Wildman–Crippen LogP) is 1.12. The third-order valence-corrected chi connectivity index (χ3v) is 4.79. The number of hydrogen-bond acceptors (Lipinski definition) is 3. The summed E-state index contributed by atoms with van der Waals surface area (Å²) in [5.74, 6) is 0.850. The lowest BCUT2D eigenvalue weighted by Gasteiger charge is -2.23. The highest BCUT2D eigenvalue weighted by Gasteiger charge is 2.53. The summed E-state index contributed by atoms with van der Waals surface area (Å²) in [5.41, 5.74) is 0.